The smallest absolute Gasteiger partial charge is 0.303 e. The number of ether oxygens (including phenoxy) is 1. The van der Waals surface area contributed by atoms with E-state index in [0.717, 1.165) is 37.7 Å². The molecule has 0 bridgehead atoms. The Morgan fingerprint density at radius 2 is 1.96 bits per heavy atom. The summed E-state index contributed by atoms with van der Waals surface area (Å²) in [5.74, 6) is 0.221. The molecule has 140 valence electrons. The van der Waals surface area contributed by atoms with E-state index < -0.39 is 5.60 Å². The Bertz CT molecular complexity index is 631. The number of carbonyl (C=O) groups excluding carboxylic acids is 1. The Balaban J connectivity index is 2.17. The highest BCUT2D eigenvalue weighted by atomic mass is 16.5. The summed E-state index contributed by atoms with van der Waals surface area (Å²) in [6.07, 6.45) is 6.17. The normalized spacial score (nSPS) is 41.4. The van der Waals surface area contributed by atoms with Crippen LogP contribution in [0.1, 0.15) is 79.6 Å². The molecule has 0 aromatic heterocycles. The van der Waals surface area contributed by atoms with Gasteiger partial charge in [-0.2, -0.15) is 0 Å². The minimum atomic E-state index is -0.868. The minimum Gasteiger partial charge on any atom is -0.458 e. The summed E-state index contributed by atoms with van der Waals surface area (Å²) < 4.78 is 5.89. The molecule has 3 aliphatic rings. The predicted molar refractivity (Wildman–Crippen MR) is 100 cm³/mol. The lowest BCUT2D eigenvalue weighted by Gasteiger charge is -2.51. The third kappa shape index (κ3) is 2.79. The molecule has 0 aromatic rings. The fourth-order valence-corrected chi connectivity index (χ4v) is 5.96. The molecule has 0 saturated heterocycles. The maximum absolute atomic E-state index is 11.9. The number of hydrogen-bond donors (Lipinski definition) is 1. The van der Waals surface area contributed by atoms with Crippen LogP contribution in [0.2, 0.25) is 0 Å². The number of carbonyl (C=O) groups is 1. The molecular weight excluding hydrogens is 312 g/mol. The predicted octanol–water partition coefficient (Wildman–Crippen LogP) is 4.94. The number of rotatable bonds is 2. The SMILES string of the molecule is C=C1CCC[C@@]2(C)C[C@H](OC(C)=O)C3=C(C(C)C)CC[C@]3(C)C[C@@]12O. The van der Waals surface area contributed by atoms with Crippen LogP contribution in [-0.2, 0) is 9.53 Å². The van der Waals surface area contributed by atoms with Gasteiger partial charge >= 0.3 is 5.97 Å². The molecule has 3 aliphatic carbocycles. The maximum Gasteiger partial charge on any atom is 0.303 e. The van der Waals surface area contributed by atoms with Gasteiger partial charge in [0, 0.05) is 12.3 Å². The van der Waals surface area contributed by atoms with Crippen molar-refractivity contribution in [1.29, 1.82) is 0 Å². The quantitative estimate of drug-likeness (QED) is 0.569. The van der Waals surface area contributed by atoms with Gasteiger partial charge in [0.05, 0.1) is 5.60 Å². The van der Waals surface area contributed by atoms with Crippen LogP contribution in [0.4, 0.5) is 0 Å². The van der Waals surface area contributed by atoms with Gasteiger partial charge in [-0.15, -0.1) is 0 Å². The van der Waals surface area contributed by atoms with Gasteiger partial charge in [-0.3, -0.25) is 4.79 Å². The molecule has 0 amide bonds. The first-order valence-electron chi connectivity index (χ1n) is 9.84. The zero-order chi connectivity index (χ0) is 18.6. The van der Waals surface area contributed by atoms with E-state index in [1.165, 1.54) is 18.1 Å². The van der Waals surface area contributed by atoms with Crippen molar-refractivity contribution >= 4 is 5.97 Å². The fourth-order valence-electron chi connectivity index (χ4n) is 5.96. The summed E-state index contributed by atoms with van der Waals surface area (Å²) in [5, 5.41) is 11.8. The van der Waals surface area contributed by atoms with Gasteiger partial charge in [-0.05, 0) is 67.4 Å². The zero-order valence-corrected chi connectivity index (χ0v) is 16.6. The molecule has 0 radical (unpaired) electrons. The van der Waals surface area contributed by atoms with Crippen LogP contribution >= 0.6 is 0 Å². The number of fused-ring (bicyclic) bond motifs is 2. The highest BCUT2D eigenvalue weighted by Crippen LogP contribution is 2.63. The van der Waals surface area contributed by atoms with Crippen molar-refractivity contribution in [1.82, 2.24) is 0 Å². The lowest BCUT2D eigenvalue weighted by molar-refractivity contribution is -0.148. The van der Waals surface area contributed by atoms with Gasteiger partial charge in [0.2, 0.25) is 0 Å². The van der Waals surface area contributed by atoms with Crippen LogP contribution in [0.3, 0.4) is 0 Å². The van der Waals surface area contributed by atoms with E-state index in [9.17, 15) is 9.90 Å². The average molecular weight is 347 g/mol. The van der Waals surface area contributed by atoms with Crippen LogP contribution < -0.4 is 0 Å². The highest BCUT2D eigenvalue weighted by molar-refractivity contribution is 5.66. The molecule has 2 saturated carbocycles. The average Bonchev–Trinajstić information content (AvgIpc) is 2.78. The molecule has 2 fully saturated rings. The molecule has 0 spiro atoms. The van der Waals surface area contributed by atoms with Crippen molar-refractivity contribution in [3.63, 3.8) is 0 Å². The van der Waals surface area contributed by atoms with E-state index in [1.807, 2.05) is 0 Å². The maximum atomic E-state index is 11.9. The molecule has 0 unspecified atom stereocenters. The fraction of sp³-hybridized carbons (Fsp3) is 0.773. The molecular formula is C22H34O3. The number of esters is 1. The van der Waals surface area contributed by atoms with Gasteiger partial charge in [0.15, 0.2) is 0 Å². The Morgan fingerprint density at radius 1 is 1.28 bits per heavy atom. The van der Waals surface area contributed by atoms with E-state index >= 15 is 0 Å². The monoisotopic (exact) mass is 346 g/mol. The van der Waals surface area contributed by atoms with Crippen LogP contribution in [0.25, 0.3) is 0 Å². The summed E-state index contributed by atoms with van der Waals surface area (Å²) >= 11 is 0. The summed E-state index contributed by atoms with van der Waals surface area (Å²) in [6.45, 7) is 14.7. The van der Waals surface area contributed by atoms with Gasteiger partial charge in [-0.1, -0.05) is 39.8 Å². The molecule has 0 aliphatic heterocycles. The second kappa shape index (κ2) is 5.97. The lowest BCUT2D eigenvalue weighted by atomic mass is 9.58. The second-order valence-electron chi connectivity index (χ2n) is 9.51. The van der Waals surface area contributed by atoms with Gasteiger partial charge in [-0.25, -0.2) is 0 Å². The van der Waals surface area contributed by atoms with E-state index in [1.54, 1.807) is 0 Å². The van der Waals surface area contributed by atoms with Crippen molar-refractivity contribution in [2.24, 2.45) is 16.7 Å². The Hall–Kier alpha value is -1.09. The summed E-state index contributed by atoms with van der Waals surface area (Å²) in [5.41, 5.74) is 2.44. The molecule has 0 heterocycles. The number of aliphatic hydroxyl groups is 1. The Kier molecular flexibility index (Phi) is 4.47. The standard InChI is InChI=1S/C22H34O3/c1-14(2)17-9-11-20(5)13-22(24)15(3)8-7-10-21(22,6)12-18(19(17)20)25-16(4)23/h14,18,24H,3,7-13H2,1-2,4-6H3/t18-,20+,21-,22+/m0/s1. The van der Waals surface area contributed by atoms with Crippen molar-refractivity contribution in [3.8, 4) is 0 Å². The largest absolute Gasteiger partial charge is 0.458 e. The van der Waals surface area contributed by atoms with Crippen LogP contribution in [-0.4, -0.2) is 22.8 Å². The number of allylic oxidation sites excluding steroid dienone is 1. The third-order valence-electron chi connectivity index (χ3n) is 7.34. The van der Waals surface area contributed by atoms with E-state index in [-0.39, 0.29) is 22.9 Å². The highest BCUT2D eigenvalue weighted by Gasteiger charge is 2.60. The molecule has 4 atom stereocenters. The van der Waals surface area contributed by atoms with Crippen molar-refractivity contribution < 1.29 is 14.6 Å². The summed E-state index contributed by atoms with van der Waals surface area (Å²) in [4.78, 5) is 11.9. The summed E-state index contributed by atoms with van der Waals surface area (Å²) in [7, 11) is 0. The van der Waals surface area contributed by atoms with Crippen molar-refractivity contribution in [2.45, 2.75) is 91.3 Å². The van der Waals surface area contributed by atoms with Crippen molar-refractivity contribution in [3.05, 3.63) is 23.3 Å². The summed E-state index contributed by atoms with van der Waals surface area (Å²) in [6, 6.07) is 0. The van der Waals surface area contributed by atoms with E-state index in [0.29, 0.717) is 18.8 Å². The Morgan fingerprint density at radius 3 is 2.56 bits per heavy atom. The first-order valence-corrected chi connectivity index (χ1v) is 9.84. The molecule has 1 N–H and O–H groups in total. The van der Waals surface area contributed by atoms with Crippen LogP contribution in [0.5, 0.6) is 0 Å². The molecule has 25 heavy (non-hydrogen) atoms. The van der Waals surface area contributed by atoms with Crippen LogP contribution in [0, 0.1) is 16.7 Å². The van der Waals surface area contributed by atoms with E-state index in [2.05, 4.69) is 34.3 Å². The lowest BCUT2D eigenvalue weighted by Crippen LogP contribution is -2.52. The zero-order valence-electron chi connectivity index (χ0n) is 16.6. The van der Waals surface area contributed by atoms with E-state index in [4.69, 9.17) is 4.74 Å². The second-order valence-corrected chi connectivity index (χ2v) is 9.51. The third-order valence-corrected chi connectivity index (χ3v) is 7.34. The minimum absolute atomic E-state index is 0.119. The molecule has 3 rings (SSSR count). The first kappa shape index (κ1) is 18.7. The molecule has 0 aromatic carbocycles. The van der Waals surface area contributed by atoms with Gasteiger partial charge in [0.1, 0.15) is 6.10 Å². The van der Waals surface area contributed by atoms with Gasteiger partial charge in [0.25, 0.3) is 0 Å². The molecule has 3 nitrogen and oxygen atoms in total. The topological polar surface area (TPSA) is 46.5 Å². The van der Waals surface area contributed by atoms with Crippen LogP contribution in [0.15, 0.2) is 23.3 Å². The van der Waals surface area contributed by atoms with Crippen molar-refractivity contribution in [2.75, 3.05) is 0 Å². The molecule has 3 heteroatoms. The van der Waals surface area contributed by atoms with Gasteiger partial charge < -0.3 is 9.84 Å². The Labute approximate surface area is 152 Å². The first-order chi connectivity index (χ1) is 11.5. The number of hydrogen-bond acceptors (Lipinski definition) is 3.